The average Bonchev–Trinajstić information content (AvgIpc) is 1.62. The van der Waals surface area contributed by atoms with Crippen molar-refractivity contribution in [1.82, 2.24) is 0 Å². The topological polar surface area (TPSA) is 0 Å². The molecule has 0 fully saturated rings. The molecule has 0 amide bonds. The largest absolute Gasteiger partial charge is 0.0776 e. The quantitative estimate of drug-likeness (QED) is 0.507. The zero-order valence-corrected chi connectivity index (χ0v) is 6.78. The van der Waals surface area contributed by atoms with Gasteiger partial charge in [0.1, 0.15) is 0 Å². The molecular formula is C9H22. The monoisotopic (exact) mass is 130 g/mol. The Morgan fingerprint density at radius 1 is 1.22 bits per heavy atom. The summed E-state index contributed by atoms with van der Waals surface area (Å²) in [5.74, 6) is 0.850. The van der Waals surface area contributed by atoms with E-state index < -0.39 is 0 Å². The average molecular weight is 130 g/mol. The molecule has 58 valence electrons. The van der Waals surface area contributed by atoms with Gasteiger partial charge in [-0.1, -0.05) is 48.5 Å². The summed E-state index contributed by atoms with van der Waals surface area (Å²) in [5, 5.41) is 0. The first-order chi connectivity index (χ1) is 3.48. The van der Waals surface area contributed by atoms with Gasteiger partial charge in [0.15, 0.2) is 0 Å². The zero-order chi connectivity index (χ0) is 6.78. The van der Waals surface area contributed by atoms with Crippen LogP contribution in [0.25, 0.3) is 0 Å². The normalized spacial score (nSPS) is 14.3. The summed E-state index contributed by atoms with van der Waals surface area (Å²) in [5.41, 5.74) is 0.509. The van der Waals surface area contributed by atoms with E-state index in [0.717, 1.165) is 5.92 Å². The van der Waals surface area contributed by atoms with E-state index in [2.05, 4.69) is 34.6 Å². The van der Waals surface area contributed by atoms with E-state index in [9.17, 15) is 0 Å². The molecule has 0 N–H and O–H groups in total. The van der Waals surface area contributed by atoms with Gasteiger partial charge in [0, 0.05) is 0 Å². The smallest absolute Gasteiger partial charge is 0.0357 e. The Balaban J connectivity index is 0. The molecule has 0 rings (SSSR count). The predicted molar refractivity (Wildman–Crippen MR) is 45.6 cm³/mol. The Bertz CT molecular complexity index is 56.9. The van der Waals surface area contributed by atoms with Crippen LogP contribution < -0.4 is 0 Å². The highest BCUT2D eigenvalue weighted by Crippen LogP contribution is 2.27. The maximum atomic E-state index is 2.31. The van der Waals surface area contributed by atoms with Gasteiger partial charge in [-0.3, -0.25) is 0 Å². The van der Waals surface area contributed by atoms with E-state index >= 15 is 0 Å². The first-order valence-corrected chi connectivity index (χ1v) is 3.48. The molecule has 0 aliphatic heterocycles. The molecule has 0 bridgehead atoms. The van der Waals surface area contributed by atoms with E-state index in [0.29, 0.717) is 5.41 Å². The second-order valence-electron chi connectivity index (χ2n) is 3.68. The predicted octanol–water partition coefficient (Wildman–Crippen LogP) is 3.71. The lowest BCUT2D eigenvalue weighted by molar-refractivity contribution is 0.254. The second-order valence-corrected chi connectivity index (χ2v) is 3.68. The first kappa shape index (κ1) is 11.8. The van der Waals surface area contributed by atoms with Gasteiger partial charge in [0.25, 0.3) is 0 Å². The van der Waals surface area contributed by atoms with Crippen molar-refractivity contribution in [2.24, 2.45) is 11.3 Å². The third-order valence-electron chi connectivity index (χ3n) is 2.09. The summed E-state index contributed by atoms with van der Waals surface area (Å²) in [4.78, 5) is 0. The summed E-state index contributed by atoms with van der Waals surface area (Å²) in [6.07, 6.45) is 1.30. The van der Waals surface area contributed by atoms with Crippen molar-refractivity contribution in [3.05, 3.63) is 0 Å². The molecule has 0 aromatic rings. The number of hydrogen-bond donors (Lipinski definition) is 0. The van der Waals surface area contributed by atoms with E-state index in [-0.39, 0.29) is 7.43 Å². The third kappa shape index (κ3) is 4.50. The van der Waals surface area contributed by atoms with E-state index in [1.165, 1.54) is 6.42 Å². The van der Waals surface area contributed by atoms with Crippen LogP contribution in [-0.4, -0.2) is 0 Å². The van der Waals surface area contributed by atoms with Crippen LogP contribution in [0.4, 0.5) is 0 Å². The van der Waals surface area contributed by atoms with Gasteiger partial charge in [-0.05, 0) is 11.3 Å². The maximum absolute atomic E-state index is 2.31. The standard InChI is InChI=1S/C8H18.CH4/c1-6-7(2)8(3,4)5;/h7H,6H2,1-5H3;1H4. The van der Waals surface area contributed by atoms with Gasteiger partial charge < -0.3 is 0 Å². The van der Waals surface area contributed by atoms with Gasteiger partial charge in [0.05, 0.1) is 0 Å². The van der Waals surface area contributed by atoms with Crippen molar-refractivity contribution in [3.63, 3.8) is 0 Å². The van der Waals surface area contributed by atoms with Crippen LogP contribution in [0.1, 0.15) is 48.5 Å². The zero-order valence-electron chi connectivity index (χ0n) is 6.78. The lowest BCUT2D eigenvalue weighted by atomic mass is 9.81. The minimum Gasteiger partial charge on any atom is -0.0776 e. The molecular weight excluding hydrogens is 108 g/mol. The Labute approximate surface area is 60.7 Å². The van der Waals surface area contributed by atoms with Crippen molar-refractivity contribution in [3.8, 4) is 0 Å². The van der Waals surface area contributed by atoms with Gasteiger partial charge in [0.2, 0.25) is 0 Å². The summed E-state index contributed by atoms with van der Waals surface area (Å²) in [7, 11) is 0. The van der Waals surface area contributed by atoms with Gasteiger partial charge in [-0.25, -0.2) is 0 Å². The molecule has 0 aliphatic rings. The fourth-order valence-corrected chi connectivity index (χ4v) is 0.612. The van der Waals surface area contributed by atoms with E-state index in [1.807, 2.05) is 0 Å². The fourth-order valence-electron chi connectivity index (χ4n) is 0.612. The summed E-state index contributed by atoms with van der Waals surface area (Å²) < 4.78 is 0. The van der Waals surface area contributed by atoms with Crippen molar-refractivity contribution < 1.29 is 0 Å². The molecule has 0 spiro atoms. The summed E-state index contributed by atoms with van der Waals surface area (Å²) in [6, 6.07) is 0. The van der Waals surface area contributed by atoms with Crippen molar-refractivity contribution >= 4 is 0 Å². The highest BCUT2D eigenvalue weighted by molar-refractivity contribution is 4.67. The van der Waals surface area contributed by atoms with Crippen molar-refractivity contribution in [1.29, 1.82) is 0 Å². The van der Waals surface area contributed by atoms with Crippen LogP contribution in [-0.2, 0) is 0 Å². The molecule has 1 atom stereocenters. The number of hydrogen-bond acceptors (Lipinski definition) is 0. The minimum absolute atomic E-state index is 0. The molecule has 0 saturated carbocycles. The Kier molecular flexibility index (Phi) is 5.12. The highest BCUT2D eigenvalue weighted by Gasteiger charge is 2.16. The highest BCUT2D eigenvalue weighted by atomic mass is 14.2. The molecule has 0 aromatic carbocycles. The van der Waals surface area contributed by atoms with Crippen molar-refractivity contribution in [2.45, 2.75) is 48.5 Å². The Morgan fingerprint density at radius 2 is 1.56 bits per heavy atom. The van der Waals surface area contributed by atoms with Crippen LogP contribution >= 0.6 is 0 Å². The molecule has 0 radical (unpaired) electrons. The third-order valence-corrected chi connectivity index (χ3v) is 2.09. The van der Waals surface area contributed by atoms with E-state index in [1.54, 1.807) is 0 Å². The first-order valence-electron chi connectivity index (χ1n) is 3.48. The van der Waals surface area contributed by atoms with Crippen LogP contribution in [0.5, 0.6) is 0 Å². The molecule has 0 aromatic heterocycles. The van der Waals surface area contributed by atoms with Gasteiger partial charge in [-0.2, -0.15) is 0 Å². The molecule has 0 aliphatic carbocycles. The lowest BCUT2D eigenvalue weighted by Crippen LogP contribution is -2.15. The van der Waals surface area contributed by atoms with Crippen LogP contribution in [0, 0.1) is 11.3 Å². The Morgan fingerprint density at radius 3 is 1.56 bits per heavy atom. The van der Waals surface area contributed by atoms with E-state index in [4.69, 9.17) is 0 Å². The molecule has 0 nitrogen and oxygen atoms in total. The summed E-state index contributed by atoms with van der Waals surface area (Å²) in [6.45, 7) is 11.4. The molecule has 0 heterocycles. The van der Waals surface area contributed by atoms with Crippen molar-refractivity contribution in [2.75, 3.05) is 0 Å². The minimum atomic E-state index is 0. The van der Waals surface area contributed by atoms with Gasteiger partial charge in [-0.15, -0.1) is 0 Å². The van der Waals surface area contributed by atoms with Gasteiger partial charge >= 0.3 is 0 Å². The van der Waals surface area contributed by atoms with Crippen LogP contribution in [0.2, 0.25) is 0 Å². The molecule has 9 heavy (non-hydrogen) atoms. The fraction of sp³-hybridized carbons (Fsp3) is 1.00. The molecule has 1 unspecified atom stereocenters. The Hall–Kier alpha value is 0. The van der Waals surface area contributed by atoms with Crippen LogP contribution in [0.15, 0.2) is 0 Å². The number of rotatable bonds is 1. The second kappa shape index (κ2) is 3.92. The molecule has 0 heteroatoms. The molecule has 0 saturated heterocycles. The lowest BCUT2D eigenvalue weighted by Gasteiger charge is -2.25. The van der Waals surface area contributed by atoms with Crippen LogP contribution in [0.3, 0.4) is 0 Å². The summed E-state index contributed by atoms with van der Waals surface area (Å²) >= 11 is 0. The SMILES string of the molecule is C.CCC(C)C(C)(C)C. The maximum Gasteiger partial charge on any atom is -0.0357 e.